The van der Waals surface area contributed by atoms with E-state index in [1.54, 1.807) is 7.05 Å². The molecule has 1 rings (SSSR count). The highest BCUT2D eigenvalue weighted by atomic mass is 32.2. The van der Waals surface area contributed by atoms with Crippen LogP contribution in [-0.4, -0.2) is 44.7 Å². The molecule has 1 fully saturated rings. The van der Waals surface area contributed by atoms with Crippen molar-refractivity contribution in [3.63, 3.8) is 0 Å². The van der Waals surface area contributed by atoms with Crippen LogP contribution in [0.25, 0.3) is 0 Å². The number of hydrogen-bond acceptors (Lipinski definition) is 3. The summed E-state index contributed by atoms with van der Waals surface area (Å²) in [5.74, 6) is 0.878. The van der Waals surface area contributed by atoms with Gasteiger partial charge in [-0.25, -0.2) is 12.7 Å². The molecule has 0 spiro atoms. The Morgan fingerprint density at radius 3 is 2.38 bits per heavy atom. The molecule has 0 unspecified atom stereocenters. The minimum atomic E-state index is -3.05. The molecule has 0 aromatic rings. The molecular weight excluding hydrogens is 224 g/mol. The summed E-state index contributed by atoms with van der Waals surface area (Å²) in [7, 11) is -1.38. The number of rotatable bonds is 5. The molecule has 0 atom stereocenters. The first-order valence-electron chi connectivity index (χ1n) is 6.10. The number of nitrogens with zero attached hydrogens (tertiary/aromatic N) is 1. The van der Waals surface area contributed by atoms with Gasteiger partial charge in [-0.05, 0) is 52.1 Å². The van der Waals surface area contributed by atoms with Gasteiger partial charge in [-0.15, -0.1) is 0 Å². The van der Waals surface area contributed by atoms with Gasteiger partial charge in [0.1, 0.15) is 0 Å². The molecule has 1 aliphatic rings. The van der Waals surface area contributed by atoms with E-state index in [1.807, 2.05) is 13.8 Å². The summed E-state index contributed by atoms with van der Waals surface area (Å²) >= 11 is 0. The van der Waals surface area contributed by atoms with Gasteiger partial charge >= 0.3 is 0 Å². The Bertz CT molecular complexity index is 295. The van der Waals surface area contributed by atoms with Crippen molar-refractivity contribution in [2.24, 2.45) is 5.92 Å². The highest BCUT2D eigenvalue weighted by Gasteiger charge is 2.22. The van der Waals surface area contributed by atoms with Gasteiger partial charge in [-0.1, -0.05) is 0 Å². The van der Waals surface area contributed by atoms with E-state index in [0.717, 1.165) is 32.4 Å². The second-order valence-corrected chi connectivity index (χ2v) is 7.06. The summed E-state index contributed by atoms with van der Waals surface area (Å²) in [6.45, 7) is 5.87. The molecule has 1 aliphatic heterocycles. The molecular formula is C11H24N2O2S. The zero-order valence-corrected chi connectivity index (χ0v) is 11.4. The topological polar surface area (TPSA) is 49.4 Å². The fourth-order valence-electron chi connectivity index (χ4n) is 1.95. The van der Waals surface area contributed by atoms with E-state index in [9.17, 15) is 8.42 Å². The van der Waals surface area contributed by atoms with Crippen molar-refractivity contribution in [3.8, 4) is 0 Å². The molecule has 96 valence electrons. The minimum absolute atomic E-state index is 0.0537. The lowest BCUT2D eigenvalue weighted by Crippen LogP contribution is -2.36. The van der Waals surface area contributed by atoms with Gasteiger partial charge in [-0.3, -0.25) is 0 Å². The number of nitrogens with one attached hydrogen (secondary N) is 1. The van der Waals surface area contributed by atoms with Gasteiger partial charge in [0, 0.05) is 13.1 Å². The second-order valence-electron chi connectivity index (χ2n) is 4.91. The number of hydrogen-bond donors (Lipinski definition) is 1. The lowest BCUT2D eigenvalue weighted by molar-refractivity contribution is 0.358. The molecule has 0 aliphatic carbocycles. The SMILES string of the molecule is CC(C)N(C)S(=O)(=O)CCC1CCNCC1. The van der Waals surface area contributed by atoms with Crippen LogP contribution in [0.2, 0.25) is 0 Å². The van der Waals surface area contributed by atoms with E-state index >= 15 is 0 Å². The van der Waals surface area contributed by atoms with Crippen molar-refractivity contribution in [1.82, 2.24) is 9.62 Å². The summed E-state index contributed by atoms with van der Waals surface area (Å²) in [4.78, 5) is 0. The molecule has 0 radical (unpaired) electrons. The monoisotopic (exact) mass is 248 g/mol. The Labute approximate surface area is 99.5 Å². The quantitative estimate of drug-likeness (QED) is 0.791. The fraction of sp³-hybridized carbons (Fsp3) is 1.00. The maximum atomic E-state index is 11.9. The maximum Gasteiger partial charge on any atom is 0.214 e. The first kappa shape index (κ1) is 13.9. The van der Waals surface area contributed by atoms with Crippen molar-refractivity contribution >= 4 is 10.0 Å². The van der Waals surface area contributed by atoms with Gasteiger partial charge in [0.2, 0.25) is 10.0 Å². The first-order valence-corrected chi connectivity index (χ1v) is 7.71. The Balaban J connectivity index is 2.41. The molecule has 1 saturated heterocycles. The van der Waals surface area contributed by atoms with E-state index in [-0.39, 0.29) is 6.04 Å². The summed E-state index contributed by atoms with van der Waals surface area (Å²) in [6, 6.07) is 0.0537. The Morgan fingerprint density at radius 1 is 1.31 bits per heavy atom. The molecule has 0 aromatic heterocycles. The minimum Gasteiger partial charge on any atom is -0.317 e. The van der Waals surface area contributed by atoms with Crippen LogP contribution in [-0.2, 0) is 10.0 Å². The lowest BCUT2D eigenvalue weighted by atomic mass is 9.96. The average molecular weight is 248 g/mol. The van der Waals surface area contributed by atoms with Crippen LogP contribution >= 0.6 is 0 Å². The van der Waals surface area contributed by atoms with Crippen LogP contribution < -0.4 is 5.32 Å². The van der Waals surface area contributed by atoms with Crippen LogP contribution in [0.5, 0.6) is 0 Å². The van der Waals surface area contributed by atoms with Crippen molar-refractivity contribution in [1.29, 1.82) is 0 Å². The molecule has 5 heteroatoms. The molecule has 0 bridgehead atoms. The van der Waals surface area contributed by atoms with E-state index in [2.05, 4.69) is 5.32 Å². The zero-order valence-electron chi connectivity index (χ0n) is 10.6. The summed E-state index contributed by atoms with van der Waals surface area (Å²) in [5.41, 5.74) is 0. The molecule has 0 aromatic carbocycles. The highest BCUT2D eigenvalue weighted by molar-refractivity contribution is 7.89. The van der Waals surface area contributed by atoms with E-state index in [0.29, 0.717) is 11.7 Å². The standard InChI is InChI=1S/C11H24N2O2S/c1-10(2)13(3)16(14,15)9-6-11-4-7-12-8-5-11/h10-12H,4-9H2,1-3H3. The van der Waals surface area contributed by atoms with E-state index in [1.165, 1.54) is 4.31 Å². The van der Waals surface area contributed by atoms with Gasteiger partial charge < -0.3 is 5.32 Å². The fourth-order valence-corrected chi connectivity index (χ4v) is 3.51. The molecule has 1 N–H and O–H groups in total. The smallest absolute Gasteiger partial charge is 0.214 e. The highest BCUT2D eigenvalue weighted by Crippen LogP contribution is 2.18. The van der Waals surface area contributed by atoms with E-state index < -0.39 is 10.0 Å². The second kappa shape index (κ2) is 5.98. The van der Waals surface area contributed by atoms with E-state index in [4.69, 9.17) is 0 Å². The van der Waals surface area contributed by atoms with Crippen LogP contribution in [0, 0.1) is 5.92 Å². The van der Waals surface area contributed by atoms with Crippen LogP contribution in [0.4, 0.5) is 0 Å². The third-order valence-electron chi connectivity index (χ3n) is 3.41. The number of sulfonamides is 1. The summed E-state index contributed by atoms with van der Waals surface area (Å²) in [6.07, 6.45) is 3.03. The van der Waals surface area contributed by atoms with Gasteiger partial charge in [0.05, 0.1) is 5.75 Å². The van der Waals surface area contributed by atoms with Crippen molar-refractivity contribution in [3.05, 3.63) is 0 Å². The predicted octanol–water partition coefficient (Wildman–Crippen LogP) is 1.05. The van der Waals surface area contributed by atoms with Crippen LogP contribution in [0.1, 0.15) is 33.1 Å². The van der Waals surface area contributed by atoms with Crippen molar-refractivity contribution in [2.75, 3.05) is 25.9 Å². The van der Waals surface area contributed by atoms with Crippen molar-refractivity contribution < 1.29 is 8.42 Å². The molecule has 16 heavy (non-hydrogen) atoms. The molecule has 1 heterocycles. The van der Waals surface area contributed by atoms with Crippen LogP contribution in [0.15, 0.2) is 0 Å². The molecule has 0 amide bonds. The summed E-state index contributed by atoms with van der Waals surface area (Å²) < 4.78 is 25.3. The third kappa shape index (κ3) is 4.03. The average Bonchev–Trinajstić information content (AvgIpc) is 2.27. The summed E-state index contributed by atoms with van der Waals surface area (Å²) in [5, 5.41) is 3.29. The molecule has 0 saturated carbocycles. The zero-order chi connectivity index (χ0) is 12.2. The maximum absolute atomic E-state index is 11.9. The Hall–Kier alpha value is -0.130. The lowest BCUT2D eigenvalue weighted by Gasteiger charge is -2.25. The normalized spacial score (nSPS) is 19.6. The van der Waals surface area contributed by atoms with Gasteiger partial charge in [0.25, 0.3) is 0 Å². The van der Waals surface area contributed by atoms with Gasteiger partial charge in [-0.2, -0.15) is 0 Å². The van der Waals surface area contributed by atoms with Gasteiger partial charge in [0.15, 0.2) is 0 Å². The van der Waals surface area contributed by atoms with Crippen molar-refractivity contribution in [2.45, 2.75) is 39.2 Å². The number of piperidine rings is 1. The molecule has 4 nitrogen and oxygen atoms in total. The largest absolute Gasteiger partial charge is 0.317 e. The first-order chi connectivity index (χ1) is 7.43. The predicted molar refractivity (Wildman–Crippen MR) is 66.9 cm³/mol. The Morgan fingerprint density at radius 2 is 1.88 bits per heavy atom. The Kier molecular flexibility index (Phi) is 5.21. The third-order valence-corrected chi connectivity index (χ3v) is 5.46. The van der Waals surface area contributed by atoms with Crippen LogP contribution in [0.3, 0.4) is 0 Å².